The van der Waals surface area contributed by atoms with E-state index in [2.05, 4.69) is 0 Å². The van der Waals surface area contributed by atoms with Gasteiger partial charge in [-0.15, -0.1) is 0 Å². The fourth-order valence-corrected chi connectivity index (χ4v) is 4.45. The summed E-state index contributed by atoms with van der Waals surface area (Å²) >= 11 is 0. The Bertz CT molecular complexity index is 900. The summed E-state index contributed by atoms with van der Waals surface area (Å²) in [6, 6.07) is 15.9. The topological polar surface area (TPSA) is 54.5 Å². The first kappa shape index (κ1) is 17.6. The smallest absolute Gasteiger partial charge is 0.243 e. The second-order valence-electron chi connectivity index (χ2n) is 6.46. The average molecular weight is 355 g/mol. The number of sulfonamides is 1. The monoisotopic (exact) mass is 355 g/mol. The van der Waals surface area contributed by atoms with Crippen LogP contribution >= 0.6 is 0 Å². The SMILES string of the molecule is Cc1ccc(S(=O)(=O)N2C/C(=C/C(=O)c3ccccc3)[C@H](C)C2)cc1. The van der Waals surface area contributed by atoms with Crippen molar-refractivity contribution in [2.75, 3.05) is 13.1 Å². The van der Waals surface area contributed by atoms with Crippen molar-refractivity contribution >= 4 is 15.8 Å². The molecule has 1 aliphatic rings. The van der Waals surface area contributed by atoms with Crippen LogP contribution in [0.15, 0.2) is 71.1 Å². The van der Waals surface area contributed by atoms with Gasteiger partial charge in [0.1, 0.15) is 0 Å². The van der Waals surface area contributed by atoms with E-state index < -0.39 is 10.0 Å². The fourth-order valence-electron chi connectivity index (χ4n) is 2.93. The molecule has 0 amide bonds. The minimum Gasteiger partial charge on any atom is -0.289 e. The number of hydrogen-bond acceptors (Lipinski definition) is 3. The molecule has 0 saturated carbocycles. The predicted octanol–water partition coefficient (Wildman–Crippen LogP) is 3.44. The normalized spacial score (nSPS) is 20.1. The van der Waals surface area contributed by atoms with Crippen molar-refractivity contribution in [3.63, 3.8) is 0 Å². The van der Waals surface area contributed by atoms with Gasteiger partial charge in [-0.1, -0.05) is 55.0 Å². The maximum atomic E-state index is 12.8. The summed E-state index contributed by atoms with van der Waals surface area (Å²) in [6.07, 6.45) is 1.59. The van der Waals surface area contributed by atoms with Gasteiger partial charge in [-0.05, 0) is 36.6 Å². The Morgan fingerprint density at radius 3 is 2.36 bits per heavy atom. The number of allylic oxidation sites excluding steroid dienone is 1. The van der Waals surface area contributed by atoms with Crippen LogP contribution in [0.2, 0.25) is 0 Å². The molecule has 0 spiro atoms. The average Bonchev–Trinajstić information content (AvgIpc) is 2.97. The highest BCUT2D eigenvalue weighted by atomic mass is 32.2. The molecule has 4 nitrogen and oxygen atoms in total. The van der Waals surface area contributed by atoms with E-state index in [4.69, 9.17) is 0 Å². The van der Waals surface area contributed by atoms with Crippen LogP contribution in [-0.4, -0.2) is 31.6 Å². The highest BCUT2D eigenvalue weighted by Gasteiger charge is 2.33. The van der Waals surface area contributed by atoms with E-state index in [1.54, 1.807) is 42.5 Å². The van der Waals surface area contributed by atoms with Gasteiger partial charge in [0.05, 0.1) is 4.90 Å². The maximum Gasteiger partial charge on any atom is 0.243 e. The third-order valence-electron chi connectivity index (χ3n) is 4.50. The Labute approximate surface area is 148 Å². The summed E-state index contributed by atoms with van der Waals surface area (Å²) in [5, 5.41) is 0. The van der Waals surface area contributed by atoms with Crippen LogP contribution in [0.4, 0.5) is 0 Å². The predicted molar refractivity (Wildman–Crippen MR) is 98.0 cm³/mol. The Kier molecular flexibility index (Phi) is 4.88. The molecule has 3 rings (SSSR count). The molecule has 1 aliphatic heterocycles. The van der Waals surface area contributed by atoms with E-state index in [9.17, 15) is 13.2 Å². The van der Waals surface area contributed by atoms with E-state index in [1.807, 2.05) is 32.0 Å². The summed E-state index contributed by atoms with van der Waals surface area (Å²) < 4.78 is 27.1. The first-order valence-electron chi connectivity index (χ1n) is 8.24. The highest BCUT2D eigenvalue weighted by Crippen LogP contribution is 2.28. The van der Waals surface area contributed by atoms with Crippen LogP contribution in [0.5, 0.6) is 0 Å². The van der Waals surface area contributed by atoms with E-state index in [-0.39, 0.29) is 18.2 Å². The molecule has 1 fully saturated rings. The zero-order chi connectivity index (χ0) is 18.0. The van der Waals surface area contributed by atoms with Crippen molar-refractivity contribution in [2.24, 2.45) is 5.92 Å². The Morgan fingerprint density at radius 2 is 1.72 bits per heavy atom. The molecule has 0 aliphatic carbocycles. The summed E-state index contributed by atoms with van der Waals surface area (Å²) in [4.78, 5) is 12.7. The summed E-state index contributed by atoms with van der Waals surface area (Å²) in [7, 11) is -3.54. The molecule has 1 atom stereocenters. The number of carbonyl (C=O) groups is 1. The molecular weight excluding hydrogens is 334 g/mol. The Morgan fingerprint density at radius 1 is 1.08 bits per heavy atom. The van der Waals surface area contributed by atoms with Gasteiger partial charge in [-0.2, -0.15) is 4.31 Å². The van der Waals surface area contributed by atoms with Gasteiger partial charge in [0.25, 0.3) is 0 Å². The van der Waals surface area contributed by atoms with Gasteiger partial charge in [0.15, 0.2) is 5.78 Å². The quantitative estimate of drug-likeness (QED) is 0.623. The number of nitrogens with zero attached hydrogens (tertiary/aromatic N) is 1. The first-order chi connectivity index (χ1) is 11.9. The van der Waals surface area contributed by atoms with Crippen LogP contribution in [0.25, 0.3) is 0 Å². The van der Waals surface area contributed by atoms with Gasteiger partial charge in [-0.3, -0.25) is 4.79 Å². The molecule has 1 heterocycles. The standard InChI is InChI=1S/C20H21NO3S/c1-15-8-10-19(11-9-15)25(23,24)21-13-16(2)18(14-21)12-20(22)17-6-4-3-5-7-17/h3-12,16H,13-14H2,1-2H3/b18-12-/t16-/m1/s1. The lowest BCUT2D eigenvalue weighted by atomic mass is 10.0. The van der Waals surface area contributed by atoms with Crippen LogP contribution in [0.3, 0.4) is 0 Å². The van der Waals surface area contributed by atoms with Gasteiger partial charge in [0, 0.05) is 18.7 Å². The largest absolute Gasteiger partial charge is 0.289 e. The van der Waals surface area contributed by atoms with E-state index >= 15 is 0 Å². The molecule has 2 aromatic rings. The van der Waals surface area contributed by atoms with Crippen molar-refractivity contribution in [3.05, 3.63) is 77.4 Å². The van der Waals surface area contributed by atoms with Crippen LogP contribution < -0.4 is 0 Å². The van der Waals surface area contributed by atoms with Gasteiger partial charge < -0.3 is 0 Å². The second kappa shape index (κ2) is 6.94. The van der Waals surface area contributed by atoms with Gasteiger partial charge in [-0.25, -0.2) is 8.42 Å². The van der Waals surface area contributed by atoms with E-state index in [1.165, 1.54) is 4.31 Å². The third kappa shape index (κ3) is 3.72. The minimum absolute atomic E-state index is 0.0212. The lowest BCUT2D eigenvalue weighted by molar-refractivity contribution is 0.104. The molecule has 1 saturated heterocycles. The number of ketones is 1. The number of rotatable bonds is 4. The van der Waals surface area contributed by atoms with Crippen LogP contribution in [0.1, 0.15) is 22.8 Å². The number of carbonyl (C=O) groups excluding carboxylic acids is 1. The van der Waals surface area contributed by atoms with Gasteiger partial charge in [0.2, 0.25) is 10.0 Å². The maximum absolute atomic E-state index is 12.8. The highest BCUT2D eigenvalue weighted by molar-refractivity contribution is 7.89. The molecular formula is C20H21NO3S. The summed E-state index contributed by atoms with van der Waals surface area (Å²) in [5.41, 5.74) is 2.48. The van der Waals surface area contributed by atoms with Crippen LogP contribution in [0, 0.1) is 12.8 Å². The van der Waals surface area contributed by atoms with Crippen molar-refractivity contribution in [3.8, 4) is 0 Å². The fraction of sp³-hybridized carbons (Fsp3) is 0.250. The lowest BCUT2D eigenvalue weighted by Gasteiger charge is -2.15. The van der Waals surface area contributed by atoms with E-state index in [0.717, 1.165) is 11.1 Å². The number of hydrogen-bond donors (Lipinski definition) is 0. The second-order valence-corrected chi connectivity index (χ2v) is 8.40. The minimum atomic E-state index is -3.54. The van der Waals surface area contributed by atoms with Crippen LogP contribution in [-0.2, 0) is 10.0 Å². The molecule has 0 bridgehead atoms. The van der Waals surface area contributed by atoms with Crippen molar-refractivity contribution in [2.45, 2.75) is 18.7 Å². The van der Waals surface area contributed by atoms with Gasteiger partial charge >= 0.3 is 0 Å². The van der Waals surface area contributed by atoms with E-state index in [0.29, 0.717) is 17.0 Å². The molecule has 0 radical (unpaired) electrons. The van der Waals surface area contributed by atoms with Crippen molar-refractivity contribution < 1.29 is 13.2 Å². The Hall–Kier alpha value is -2.24. The zero-order valence-electron chi connectivity index (χ0n) is 14.3. The lowest BCUT2D eigenvalue weighted by Crippen LogP contribution is -2.28. The molecule has 2 aromatic carbocycles. The molecule has 0 unspecified atom stereocenters. The number of aryl methyl sites for hydroxylation is 1. The molecule has 25 heavy (non-hydrogen) atoms. The zero-order valence-corrected chi connectivity index (χ0v) is 15.2. The molecule has 5 heteroatoms. The summed E-state index contributed by atoms with van der Waals surface area (Å²) in [6.45, 7) is 4.53. The first-order valence-corrected chi connectivity index (χ1v) is 9.68. The summed E-state index contributed by atoms with van der Waals surface area (Å²) in [5.74, 6) is -0.0649. The third-order valence-corrected chi connectivity index (χ3v) is 6.33. The molecule has 0 aromatic heterocycles. The van der Waals surface area contributed by atoms with Crippen molar-refractivity contribution in [1.82, 2.24) is 4.31 Å². The van der Waals surface area contributed by atoms with Crippen molar-refractivity contribution in [1.29, 1.82) is 0 Å². The molecule has 130 valence electrons. The number of benzene rings is 2. The Balaban J connectivity index is 1.82. The molecule has 0 N–H and O–H groups in total.